The van der Waals surface area contributed by atoms with Gasteiger partial charge in [0.1, 0.15) is 0 Å². The first-order valence-electron chi connectivity index (χ1n) is 6.74. The first-order valence-corrected chi connectivity index (χ1v) is 9.30. The average molecular weight is 416 g/mol. The lowest BCUT2D eigenvalue weighted by atomic mass is 10.2. The van der Waals surface area contributed by atoms with Crippen molar-refractivity contribution >= 4 is 62.3 Å². The van der Waals surface area contributed by atoms with E-state index >= 15 is 0 Å². The summed E-state index contributed by atoms with van der Waals surface area (Å²) in [7, 11) is 0. The van der Waals surface area contributed by atoms with Gasteiger partial charge in [-0.15, -0.1) is 11.8 Å². The maximum atomic E-state index is 5.86. The van der Waals surface area contributed by atoms with Crippen molar-refractivity contribution in [1.29, 1.82) is 0 Å². The maximum Gasteiger partial charge on any atom is 0.170 e. The summed E-state index contributed by atoms with van der Waals surface area (Å²) in [5.74, 6) is 0.933. The van der Waals surface area contributed by atoms with Gasteiger partial charge in [-0.1, -0.05) is 27.5 Å². The van der Waals surface area contributed by atoms with Gasteiger partial charge < -0.3 is 10.6 Å². The Bertz CT molecular complexity index is 647. The van der Waals surface area contributed by atoms with Crippen molar-refractivity contribution in [2.75, 3.05) is 17.6 Å². The molecule has 2 aromatic carbocycles. The van der Waals surface area contributed by atoms with Crippen molar-refractivity contribution in [3.8, 4) is 0 Å². The molecule has 0 unspecified atom stereocenters. The predicted molar refractivity (Wildman–Crippen MR) is 105 cm³/mol. The van der Waals surface area contributed by atoms with Crippen LogP contribution >= 0.6 is 51.5 Å². The summed E-state index contributed by atoms with van der Waals surface area (Å²) in [6, 6.07) is 13.9. The number of anilines is 1. The minimum atomic E-state index is 0.637. The van der Waals surface area contributed by atoms with Crippen molar-refractivity contribution in [2.45, 2.75) is 11.8 Å². The van der Waals surface area contributed by atoms with Gasteiger partial charge in [0.15, 0.2) is 5.11 Å². The molecular weight excluding hydrogens is 400 g/mol. The highest BCUT2D eigenvalue weighted by Gasteiger charge is 2.00. The van der Waals surface area contributed by atoms with E-state index in [1.54, 1.807) is 11.8 Å². The summed E-state index contributed by atoms with van der Waals surface area (Å²) < 4.78 is 1.09. The van der Waals surface area contributed by atoms with Gasteiger partial charge in [-0.05, 0) is 67.2 Å². The molecular formula is C16H16BrClN2S2. The largest absolute Gasteiger partial charge is 0.362 e. The molecule has 2 aromatic rings. The van der Waals surface area contributed by atoms with Crippen LogP contribution in [0.5, 0.6) is 0 Å². The zero-order chi connectivity index (χ0) is 15.9. The monoisotopic (exact) mass is 414 g/mol. The SMILES string of the molecule is Cc1cc(NC(=S)NCCSc2ccc(Cl)cc2)ccc1Br. The zero-order valence-corrected chi connectivity index (χ0v) is 16.0. The number of thioether (sulfide) groups is 1. The van der Waals surface area contributed by atoms with Crippen molar-refractivity contribution in [1.82, 2.24) is 5.32 Å². The minimum absolute atomic E-state index is 0.637. The van der Waals surface area contributed by atoms with Crippen LogP contribution in [0.15, 0.2) is 51.8 Å². The molecule has 0 amide bonds. The molecule has 0 fully saturated rings. The molecule has 0 spiro atoms. The molecule has 0 aliphatic heterocycles. The van der Waals surface area contributed by atoms with Crippen molar-refractivity contribution < 1.29 is 0 Å². The first kappa shape index (κ1) is 17.6. The zero-order valence-electron chi connectivity index (χ0n) is 12.0. The number of nitrogens with one attached hydrogen (secondary N) is 2. The summed E-state index contributed by atoms with van der Waals surface area (Å²) >= 11 is 16.4. The summed E-state index contributed by atoms with van der Waals surface area (Å²) in [6.45, 7) is 2.85. The lowest BCUT2D eigenvalue weighted by Gasteiger charge is -2.11. The van der Waals surface area contributed by atoms with Crippen molar-refractivity contribution in [3.05, 3.63) is 57.5 Å². The number of hydrogen-bond donors (Lipinski definition) is 2. The molecule has 0 bridgehead atoms. The van der Waals surface area contributed by atoms with Crippen LogP contribution in [0.4, 0.5) is 5.69 Å². The average Bonchev–Trinajstić information content (AvgIpc) is 2.49. The Hall–Kier alpha value is -0.750. The summed E-state index contributed by atoms with van der Waals surface area (Å²) in [5, 5.41) is 7.80. The highest BCUT2D eigenvalue weighted by atomic mass is 79.9. The van der Waals surface area contributed by atoms with E-state index in [1.165, 1.54) is 10.5 Å². The third kappa shape index (κ3) is 5.80. The van der Waals surface area contributed by atoms with E-state index in [0.29, 0.717) is 5.11 Å². The van der Waals surface area contributed by atoms with Crippen LogP contribution in [0.1, 0.15) is 5.56 Å². The van der Waals surface area contributed by atoms with Gasteiger partial charge in [0.2, 0.25) is 0 Å². The van der Waals surface area contributed by atoms with Crippen LogP contribution in [0, 0.1) is 6.92 Å². The Morgan fingerprint density at radius 1 is 1.23 bits per heavy atom. The highest BCUT2D eigenvalue weighted by Crippen LogP contribution is 2.20. The number of benzene rings is 2. The fourth-order valence-corrected chi connectivity index (χ4v) is 3.12. The van der Waals surface area contributed by atoms with Crippen LogP contribution in [-0.2, 0) is 0 Å². The van der Waals surface area contributed by atoms with Crippen LogP contribution in [0.3, 0.4) is 0 Å². The fraction of sp³-hybridized carbons (Fsp3) is 0.188. The first-order chi connectivity index (χ1) is 10.5. The number of halogens is 2. The Morgan fingerprint density at radius 2 is 1.95 bits per heavy atom. The normalized spacial score (nSPS) is 10.3. The molecule has 0 aromatic heterocycles. The molecule has 2 N–H and O–H groups in total. The fourth-order valence-electron chi connectivity index (χ4n) is 1.76. The van der Waals surface area contributed by atoms with Crippen molar-refractivity contribution in [2.24, 2.45) is 0 Å². The Balaban J connectivity index is 1.71. The molecule has 116 valence electrons. The van der Waals surface area contributed by atoms with Crippen LogP contribution in [0.25, 0.3) is 0 Å². The second kappa shape index (κ2) is 8.77. The Kier molecular flexibility index (Phi) is 7.02. The Labute approximate surface area is 154 Å². The number of rotatable bonds is 5. The summed E-state index contributed by atoms with van der Waals surface area (Å²) in [6.07, 6.45) is 0. The standard InChI is InChI=1S/C16H16BrClN2S2/c1-11-10-13(4-7-15(11)17)20-16(21)19-8-9-22-14-5-2-12(18)3-6-14/h2-7,10H,8-9H2,1H3,(H2,19,20,21). The van der Waals surface area contributed by atoms with Gasteiger partial charge in [0.05, 0.1) is 0 Å². The Morgan fingerprint density at radius 3 is 2.64 bits per heavy atom. The van der Waals surface area contributed by atoms with Gasteiger partial charge in [0, 0.05) is 32.4 Å². The molecule has 0 atom stereocenters. The second-order valence-corrected chi connectivity index (χ2v) is 7.51. The van der Waals surface area contributed by atoms with Crippen molar-refractivity contribution in [3.63, 3.8) is 0 Å². The minimum Gasteiger partial charge on any atom is -0.362 e. The third-order valence-electron chi connectivity index (χ3n) is 2.89. The molecule has 2 rings (SSSR count). The highest BCUT2D eigenvalue weighted by molar-refractivity contribution is 9.10. The number of aryl methyl sites for hydroxylation is 1. The van der Waals surface area contributed by atoms with E-state index < -0.39 is 0 Å². The van der Waals surface area contributed by atoms with Gasteiger partial charge in [-0.25, -0.2) is 0 Å². The van der Waals surface area contributed by atoms with Crippen LogP contribution in [0.2, 0.25) is 5.02 Å². The van der Waals surface area contributed by atoms with Crippen LogP contribution in [-0.4, -0.2) is 17.4 Å². The number of thiocarbonyl (C=S) groups is 1. The molecule has 0 saturated carbocycles. The van der Waals surface area contributed by atoms with Gasteiger partial charge in [-0.3, -0.25) is 0 Å². The van der Waals surface area contributed by atoms with E-state index in [9.17, 15) is 0 Å². The molecule has 0 aliphatic rings. The topological polar surface area (TPSA) is 24.1 Å². The van der Waals surface area contributed by atoms with Gasteiger partial charge in [-0.2, -0.15) is 0 Å². The maximum absolute atomic E-state index is 5.86. The second-order valence-electron chi connectivity index (χ2n) is 4.65. The lowest BCUT2D eigenvalue weighted by molar-refractivity contribution is 0.990. The van der Waals surface area contributed by atoms with E-state index in [1.807, 2.05) is 36.4 Å². The summed E-state index contributed by atoms with van der Waals surface area (Å²) in [5.41, 5.74) is 2.16. The van der Waals surface area contributed by atoms with E-state index in [4.69, 9.17) is 23.8 Å². The third-order valence-corrected chi connectivity index (χ3v) is 5.29. The summed E-state index contributed by atoms with van der Waals surface area (Å²) in [4.78, 5) is 1.20. The molecule has 0 radical (unpaired) electrons. The molecule has 0 heterocycles. The molecule has 22 heavy (non-hydrogen) atoms. The smallest absolute Gasteiger partial charge is 0.170 e. The lowest BCUT2D eigenvalue weighted by Crippen LogP contribution is -2.30. The van der Waals surface area contributed by atoms with E-state index in [2.05, 4.69) is 39.6 Å². The van der Waals surface area contributed by atoms with E-state index in [0.717, 1.165) is 27.5 Å². The molecule has 6 heteroatoms. The molecule has 0 saturated heterocycles. The van der Waals surface area contributed by atoms with Gasteiger partial charge in [0.25, 0.3) is 0 Å². The number of hydrogen-bond acceptors (Lipinski definition) is 2. The predicted octanol–water partition coefficient (Wildman–Crippen LogP) is 5.49. The van der Waals surface area contributed by atoms with E-state index in [-0.39, 0.29) is 0 Å². The van der Waals surface area contributed by atoms with Gasteiger partial charge >= 0.3 is 0 Å². The quantitative estimate of drug-likeness (QED) is 0.383. The molecule has 0 aliphatic carbocycles. The molecule has 2 nitrogen and oxygen atoms in total. The van der Waals surface area contributed by atoms with Crippen LogP contribution < -0.4 is 10.6 Å².